The van der Waals surface area contributed by atoms with Crippen molar-refractivity contribution in [1.82, 2.24) is 9.78 Å². The minimum absolute atomic E-state index is 0.618. The van der Waals surface area contributed by atoms with Crippen LogP contribution in [0.4, 0.5) is 5.69 Å². The van der Waals surface area contributed by atoms with E-state index < -0.39 is 0 Å². The van der Waals surface area contributed by atoms with E-state index in [0.29, 0.717) is 18.2 Å². The predicted molar refractivity (Wildman–Crippen MR) is 48.2 cm³/mol. The fourth-order valence-electron chi connectivity index (χ4n) is 1.15. The molecule has 0 aliphatic carbocycles. The molecule has 0 aromatic carbocycles. The number of rotatable bonds is 3. The second-order valence-corrected chi connectivity index (χ2v) is 2.58. The maximum absolute atomic E-state index is 5.79. The van der Waals surface area contributed by atoms with Crippen molar-refractivity contribution < 1.29 is 4.74 Å². The van der Waals surface area contributed by atoms with Gasteiger partial charge in [-0.05, 0) is 13.3 Å². The Bertz CT molecular complexity index is 268. The molecule has 0 saturated carbocycles. The van der Waals surface area contributed by atoms with Crippen molar-refractivity contribution in [2.24, 2.45) is 7.05 Å². The van der Waals surface area contributed by atoms with Gasteiger partial charge in [0.1, 0.15) is 5.69 Å². The van der Waals surface area contributed by atoms with Gasteiger partial charge in [-0.25, -0.2) is 4.68 Å². The molecule has 0 saturated heterocycles. The summed E-state index contributed by atoms with van der Waals surface area (Å²) in [4.78, 5) is 0. The molecule has 1 aromatic rings. The molecule has 0 unspecified atom stereocenters. The van der Waals surface area contributed by atoms with E-state index in [0.717, 1.165) is 12.1 Å². The molecular formula is C8H15N3O. The molecule has 0 aliphatic heterocycles. The highest BCUT2D eigenvalue weighted by molar-refractivity contribution is 5.52. The van der Waals surface area contributed by atoms with Crippen LogP contribution in [0.2, 0.25) is 0 Å². The number of nitrogens with two attached hydrogens (primary N) is 1. The third-order valence-corrected chi connectivity index (χ3v) is 1.72. The first kappa shape index (κ1) is 8.90. The summed E-state index contributed by atoms with van der Waals surface area (Å²) in [6.07, 6.45) is 0.840. The number of nitrogen functional groups attached to an aromatic ring is 1. The fourth-order valence-corrected chi connectivity index (χ4v) is 1.15. The van der Waals surface area contributed by atoms with Crippen LogP contribution >= 0.6 is 0 Å². The molecule has 0 spiro atoms. The average Bonchev–Trinajstić information content (AvgIpc) is 2.32. The standard InChI is InChI=1S/C8H15N3O/c1-4-6-7(9)8(12-5-2)11(3)10-6/h4-5,9H2,1-3H3. The number of aryl methyl sites for hydroxylation is 2. The molecular weight excluding hydrogens is 154 g/mol. The van der Waals surface area contributed by atoms with E-state index >= 15 is 0 Å². The zero-order valence-corrected chi connectivity index (χ0v) is 7.79. The Morgan fingerprint density at radius 1 is 1.50 bits per heavy atom. The Hall–Kier alpha value is -1.19. The lowest BCUT2D eigenvalue weighted by molar-refractivity contribution is 0.311. The number of nitrogens with zero attached hydrogens (tertiary/aromatic N) is 2. The van der Waals surface area contributed by atoms with Gasteiger partial charge in [0.25, 0.3) is 0 Å². The van der Waals surface area contributed by atoms with E-state index in [1.54, 1.807) is 4.68 Å². The average molecular weight is 169 g/mol. The zero-order chi connectivity index (χ0) is 9.14. The van der Waals surface area contributed by atoms with Crippen LogP contribution in [0.1, 0.15) is 19.5 Å². The molecule has 0 aliphatic rings. The van der Waals surface area contributed by atoms with E-state index in [1.807, 2.05) is 20.9 Å². The highest BCUT2D eigenvalue weighted by atomic mass is 16.5. The summed E-state index contributed by atoms with van der Waals surface area (Å²) in [5.41, 5.74) is 7.36. The molecule has 1 rings (SSSR count). The van der Waals surface area contributed by atoms with E-state index in [2.05, 4.69) is 5.10 Å². The maximum Gasteiger partial charge on any atom is 0.235 e. The molecule has 0 atom stereocenters. The molecule has 0 fully saturated rings. The normalized spacial score (nSPS) is 10.2. The lowest BCUT2D eigenvalue weighted by Gasteiger charge is -2.02. The topological polar surface area (TPSA) is 53.1 Å². The lowest BCUT2D eigenvalue weighted by atomic mass is 10.3. The van der Waals surface area contributed by atoms with Crippen molar-refractivity contribution in [1.29, 1.82) is 0 Å². The van der Waals surface area contributed by atoms with E-state index in [4.69, 9.17) is 10.5 Å². The van der Waals surface area contributed by atoms with Gasteiger partial charge >= 0.3 is 0 Å². The SMILES string of the molecule is CCOc1c(N)c(CC)nn1C. The largest absolute Gasteiger partial charge is 0.477 e. The van der Waals surface area contributed by atoms with E-state index in [1.165, 1.54) is 0 Å². The summed E-state index contributed by atoms with van der Waals surface area (Å²) in [7, 11) is 1.83. The first-order valence-corrected chi connectivity index (χ1v) is 4.14. The minimum Gasteiger partial charge on any atom is -0.477 e. The molecule has 4 heteroatoms. The summed E-state index contributed by atoms with van der Waals surface area (Å²) in [5, 5.41) is 4.21. The molecule has 68 valence electrons. The first-order chi connectivity index (χ1) is 5.70. The van der Waals surface area contributed by atoms with Crippen molar-refractivity contribution in [2.75, 3.05) is 12.3 Å². The Morgan fingerprint density at radius 2 is 2.17 bits per heavy atom. The van der Waals surface area contributed by atoms with E-state index in [-0.39, 0.29) is 0 Å². The predicted octanol–water partition coefficient (Wildman–Crippen LogP) is 0.963. The van der Waals surface area contributed by atoms with Gasteiger partial charge in [-0.2, -0.15) is 5.10 Å². The zero-order valence-electron chi connectivity index (χ0n) is 7.79. The van der Waals surface area contributed by atoms with Gasteiger partial charge in [-0.15, -0.1) is 0 Å². The van der Waals surface area contributed by atoms with Crippen molar-refractivity contribution >= 4 is 5.69 Å². The molecule has 4 nitrogen and oxygen atoms in total. The lowest BCUT2D eigenvalue weighted by Crippen LogP contribution is -2.00. The molecule has 0 bridgehead atoms. The van der Waals surface area contributed by atoms with Crippen molar-refractivity contribution in [3.8, 4) is 5.88 Å². The summed E-state index contributed by atoms with van der Waals surface area (Å²) in [6, 6.07) is 0. The molecule has 1 heterocycles. The van der Waals surface area contributed by atoms with Crippen LogP contribution in [0.25, 0.3) is 0 Å². The third kappa shape index (κ3) is 1.37. The van der Waals surface area contributed by atoms with Crippen molar-refractivity contribution in [3.63, 3.8) is 0 Å². The van der Waals surface area contributed by atoms with Crippen LogP contribution < -0.4 is 10.5 Å². The maximum atomic E-state index is 5.79. The molecule has 0 amide bonds. The Morgan fingerprint density at radius 3 is 2.58 bits per heavy atom. The van der Waals surface area contributed by atoms with Crippen LogP contribution in [0.5, 0.6) is 5.88 Å². The summed E-state index contributed by atoms with van der Waals surface area (Å²) in [5.74, 6) is 0.675. The Balaban J connectivity index is 3.01. The highest BCUT2D eigenvalue weighted by Gasteiger charge is 2.11. The quantitative estimate of drug-likeness (QED) is 0.733. The van der Waals surface area contributed by atoms with Crippen LogP contribution in [0.15, 0.2) is 0 Å². The van der Waals surface area contributed by atoms with Gasteiger partial charge in [-0.1, -0.05) is 6.92 Å². The summed E-state index contributed by atoms with van der Waals surface area (Å²) in [6.45, 7) is 4.57. The van der Waals surface area contributed by atoms with Crippen LogP contribution in [0.3, 0.4) is 0 Å². The second-order valence-electron chi connectivity index (χ2n) is 2.58. The fraction of sp³-hybridized carbons (Fsp3) is 0.625. The number of aromatic nitrogens is 2. The number of hydrogen-bond acceptors (Lipinski definition) is 3. The second kappa shape index (κ2) is 3.47. The summed E-state index contributed by atoms with van der Waals surface area (Å²) >= 11 is 0. The third-order valence-electron chi connectivity index (χ3n) is 1.72. The van der Waals surface area contributed by atoms with Crippen LogP contribution in [-0.2, 0) is 13.5 Å². The molecule has 2 N–H and O–H groups in total. The van der Waals surface area contributed by atoms with Gasteiger partial charge in [0.15, 0.2) is 0 Å². The monoisotopic (exact) mass is 169 g/mol. The Kier molecular flexibility index (Phi) is 2.58. The number of ether oxygens (including phenoxy) is 1. The van der Waals surface area contributed by atoms with Gasteiger partial charge in [0.05, 0.1) is 12.3 Å². The Labute approximate surface area is 72.3 Å². The van der Waals surface area contributed by atoms with E-state index in [9.17, 15) is 0 Å². The van der Waals surface area contributed by atoms with Crippen LogP contribution in [-0.4, -0.2) is 16.4 Å². The van der Waals surface area contributed by atoms with Crippen LogP contribution in [0, 0.1) is 0 Å². The smallest absolute Gasteiger partial charge is 0.235 e. The number of anilines is 1. The highest BCUT2D eigenvalue weighted by Crippen LogP contribution is 2.24. The van der Waals surface area contributed by atoms with Crippen molar-refractivity contribution in [3.05, 3.63) is 5.69 Å². The van der Waals surface area contributed by atoms with Gasteiger partial charge in [0.2, 0.25) is 5.88 Å². The van der Waals surface area contributed by atoms with Gasteiger partial charge in [-0.3, -0.25) is 0 Å². The number of hydrogen-bond donors (Lipinski definition) is 1. The van der Waals surface area contributed by atoms with Gasteiger partial charge in [0, 0.05) is 7.05 Å². The molecule has 12 heavy (non-hydrogen) atoms. The minimum atomic E-state index is 0.618. The van der Waals surface area contributed by atoms with Crippen molar-refractivity contribution in [2.45, 2.75) is 20.3 Å². The first-order valence-electron chi connectivity index (χ1n) is 4.14. The molecule has 1 aromatic heterocycles. The summed E-state index contributed by atoms with van der Waals surface area (Å²) < 4.78 is 7.00. The molecule has 0 radical (unpaired) electrons. The van der Waals surface area contributed by atoms with Gasteiger partial charge < -0.3 is 10.5 Å².